The summed E-state index contributed by atoms with van der Waals surface area (Å²) in [6.07, 6.45) is 4.77. The summed E-state index contributed by atoms with van der Waals surface area (Å²) in [5, 5.41) is 30.5. The number of unbranched alkanes of at least 4 members (excludes halogenated alkanes) is 1. The van der Waals surface area contributed by atoms with Crippen molar-refractivity contribution in [3.05, 3.63) is 137 Å². The predicted octanol–water partition coefficient (Wildman–Crippen LogP) is 4.29. The fourth-order valence-corrected chi connectivity index (χ4v) is 14.8. The number of nitrogens with zero attached hydrogens (tertiary/aromatic N) is 2. The number of rotatable bonds is 13. The molecule has 28 heteroatoms. The van der Waals surface area contributed by atoms with Crippen LogP contribution in [-0.4, -0.2) is 169 Å². The fraction of sp³-hybridized carbons (Fsp3) is 0.457. The lowest BCUT2D eigenvalue weighted by atomic mass is 9.95. The molecule has 4 aromatic carbocycles. The van der Waals surface area contributed by atoms with E-state index in [2.05, 4.69) is 47.2 Å². The third-order valence-electron chi connectivity index (χ3n) is 18.1. The molecular weight excluding hydrogens is 1300 g/mol. The van der Waals surface area contributed by atoms with Gasteiger partial charge in [-0.15, -0.1) is 0 Å². The number of hydrogen-bond donors (Lipinski definition) is 12. The third kappa shape index (κ3) is 19.2. The molecule has 14 N–H and O–H groups in total. The molecule has 24 nitrogen and oxygen atoms in total. The monoisotopic (exact) mass is 1390 g/mol. The maximum atomic E-state index is 15.4. The number of H-pyrrole nitrogens is 2. The normalized spacial score (nSPS) is 23.8. The first kappa shape index (κ1) is 73.2. The molecule has 0 saturated carbocycles. The van der Waals surface area contributed by atoms with Crippen LogP contribution in [0.3, 0.4) is 0 Å². The molecule has 2 bridgehead atoms. The summed E-state index contributed by atoms with van der Waals surface area (Å²) in [4.78, 5) is 154. The lowest BCUT2D eigenvalue weighted by Crippen LogP contribution is -2.63. The second-order valence-corrected chi connectivity index (χ2v) is 28.1. The van der Waals surface area contributed by atoms with Crippen LogP contribution < -0.4 is 48.7 Å². The Hall–Kier alpha value is -9.02. The highest BCUT2D eigenvalue weighted by atomic mass is 32.2. The summed E-state index contributed by atoms with van der Waals surface area (Å²) in [5.74, 6) is -7.11. The number of amides is 10. The molecule has 0 radical (unpaired) electrons. The van der Waals surface area contributed by atoms with Gasteiger partial charge in [0.25, 0.3) is 0 Å². The highest BCUT2D eigenvalue weighted by Gasteiger charge is 2.49. The van der Waals surface area contributed by atoms with Crippen LogP contribution in [-0.2, 0) is 78.7 Å². The zero-order chi connectivity index (χ0) is 70.2. The largest absolute Gasteiger partial charge is 0.508 e. The van der Waals surface area contributed by atoms with Crippen LogP contribution >= 0.6 is 23.5 Å². The Labute approximate surface area is 575 Å². The van der Waals surface area contributed by atoms with Crippen molar-refractivity contribution in [1.29, 1.82) is 0 Å². The topological polar surface area (TPSA) is 365 Å². The summed E-state index contributed by atoms with van der Waals surface area (Å²) < 4.78 is 29.9. The average molecular weight is 1390 g/mol. The number of halogens is 2. The quantitative estimate of drug-likeness (QED) is 0.0718. The van der Waals surface area contributed by atoms with Gasteiger partial charge in [-0.2, -0.15) is 23.5 Å². The van der Waals surface area contributed by atoms with Crippen LogP contribution in [0.5, 0.6) is 5.75 Å². The number of phenolic OH excluding ortho intramolecular Hbond substituents is 1. The summed E-state index contributed by atoms with van der Waals surface area (Å²) in [6.45, 7) is 5.03. The lowest BCUT2D eigenvalue weighted by molar-refractivity contribution is -0.147. The van der Waals surface area contributed by atoms with Crippen molar-refractivity contribution in [2.24, 2.45) is 17.4 Å². The number of nitrogens with one attached hydrogen (secondary N) is 9. The van der Waals surface area contributed by atoms with Crippen molar-refractivity contribution < 1.29 is 61.8 Å². The van der Waals surface area contributed by atoms with E-state index in [1.165, 1.54) is 81.9 Å². The molecule has 9 rings (SSSR count). The minimum atomic E-state index is -1.52. The second-order valence-electron chi connectivity index (χ2n) is 26.0. The van der Waals surface area contributed by atoms with Gasteiger partial charge in [-0.25, -0.2) is 8.78 Å². The van der Waals surface area contributed by atoms with Crippen molar-refractivity contribution in [2.45, 2.75) is 157 Å². The van der Waals surface area contributed by atoms with Gasteiger partial charge >= 0.3 is 0 Å². The number of benzene rings is 4. The first-order valence-electron chi connectivity index (χ1n) is 33.2. The zero-order valence-corrected chi connectivity index (χ0v) is 56.8. The third-order valence-corrected chi connectivity index (χ3v) is 20.2. The standard InChI is InChI=1S/C70H87F2N13O11S2/c1-40(2)27-54-64(91)81-56(29-41-13-17-48(86)18-14-41)68(95)85-25-8-22-70(85,3)69(96)83-58(62(74)89)39-98-38-43-10-6-9-42(28-43)37-97-26-21-60(87)78-53(11-4-5-23-73)63(90)77-36-61(88)79-55(30-44-34-75-51-19-15-46(71)32-49(44)51)65(92)82-57(67(94)84-24-7-12-59(84)66(93)80-54)31-45-35-76-52-20-16-47(72)33-50(45)52/h6,9-10,13-20,28,32-35,40,53-59,75-76,86H,4-5,7-8,11-12,21-27,29-31,36-39,73H2,1-3H3,(H2,74,89)(H,77,90)(H,78,87)(H,79,88)(H,80,93)(H,81,91)(H,82,92)(H,83,96)/t53-,54-,55?,56-,57-,58-,59-,70-/m0/s1. The minimum absolute atomic E-state index is 0.0129. The van der Waals surface area contributed by atoms with Crippen LogP contribution in [0.25, 0.3) is 21.8 Å². The second kappa shape index (κ2) is 34.0. The van der Waals surface area contributed by atoms with E-state index < -0.39 is 125 Å². The Morgan fingerprint density at radius 2 is 1.28 bits per heavy atom. The van der Waals surface area contributed by atoms with Crippen molar-refractivity contribution >= 4 is 104 Å². The van der Waals surface area contributed by atoms with Gasteiger partial charge in [0.15, 0.2) is 0 Å². The van der Waals surface area contributed by atoms with Crippen LogP contribution in [0.4, 0.5) is 8.78 Å². The Morgan fingerprint density at radius 3 is 1.92 bits per heavy atom. The summed E-state index contributed by atoms with van der Waals surface area (Å²) in [7, 11) is 0. The number of phenols is 1. The minimum Gasteiger partial charge on any atom is -0.508 e. The van der Waals surface area contributed by atoms with Gasteiger partial charge in [0, 0.05) is 96.0 Å². The summed E-state index contributed by atoms with van der Waals surface area (Å²) >= 11 is 2.86. The van der Waals surface area contributed by atoms with E-state index in [-0.39, 0.29) is 81.9 Å². The summed E-state index contributed by atoms with van der Waals surface area (Å²) in [5.41, 5.74) is 14.4. The number of aromatic nitrogens is 2. The molecule has 2 fully saturated rings. The number of hydrogen-bond acceptors (Lipinski definition) is 14. The van der Waals surface area contributed by atoms with Crippen molar-refractivity contribution in [2.75, 3.05) is 37.7 Å². The first-order valence-corrected chi connectivity index (χ1v) is 35.5. The molecule has 5 heterocycles. The van der Waals surface area contributed by atoms with E-state index >= 15 is 14.4 Å². The Bertz CT molecular complexity index is 3890. The Kier molecular flexibility index (Phi) is 25.4. The molecule has 0 aliphatic carbocycles. The maximum absolute atomic E-state index is 15.4. The van der Waals surface area contributed by atoms with Gasteiger partial charge in [-0.3, -0.25) is 47.9 Å². The molecule has 10 amide bonds. The van der Waals surface area contributed by atoms with Gasteiger partial charge < -0.3 is 73.6 Å². The molecular formula is C70H87F2N13O11S2. The van der Waals surface area contributed by atoms with E-state index in [9.17, 15) is 47.4 Å². The molecule has 1 unspecified atom stereocenters. The lowest BCUT2D eigenvalue weighted by Gasteiger charge is -2.37. The number of primary amides is 1. The average Bonchev–Trinajstić information content (AvgIpc) is 1.59. The molecule has 524 valence electrons. The van der Waals surface area contributed by atoms with Gasteiger partial charge in [0.1, 0.15) is 65.2 Å². The van der Waals surface area contributed by atoms with Crippen LogP contribution in [0, 0.1) is 17.6 Å². The first-order chi connectivity index (χ1) is 47.0. The summed E-state index contributed by atoms with van der Waals surface area (Å²) in [6, 6.07) is 12.7. The predicted molar refractivity (Wildman–Crippen MR) is 369 cm³/mol. The van der Waals surface area contributed by atoms with Crippen LogP contribution in [0.2, 0.25) is 0 Å². The van der Waals surface area contributed by atoms with Gasteiger partial charge in [-0.1, -0.05) is 50.2 Å². The van der Waals surface area contributed by atoms with Crippen molar-refractivity contribution in [3.63, 3.8) is 0 Å². The molecule has 0 spiro atoms. The molecule has 6 aromatic rings. The van der Waals surface area contributed by atoms with Crippen LogP contribution in [0.15, 0.2) is 97.3 Å². The Balaban J connectivity index is 1.04. The molecule has 8 atom stereocenters. The van der Waals surface area contributed by atoms with Gasteiger partial charge in [0.2, 0.25) is 59.1 Å². The van der Waals surface area contributed by atoms with E-state index in [0.29, 0.717) is 88.0 Å². The maximum Gasteiger partial charge on any atom is 0.246 e. The van der Waals surface area contributed by atoms with Crippen molar-refractivity contribution in [3.8, 4) is 5.75 Å². The van der Waals surface area contributed by atoms with E-state index in [1.807, 2.05) is 38.1 Å². The number of thioether (sulfide) groups is 2. The SMILES string of the molecule is CC(C)C[C@@H]1NC(=O)[C@@H]2CCCN2C(=O)[C@H](Cc2c[nH]c3ccc(F)cc23)NC(=O)C(Cc2c[nH]c3ccc(F)cc23)NC(=O)CNC(=O)[C@H](CCCCN)NC(=O)CCSCc2cccc(c2)CSC[C@@H](C(N)=O)NC(=O)[C@]2(C)CCCN2C(=O)[C@H](Cc2ccc(O)cc2)NC1=O. The van der Waals surface area contributed by atoms with Crippen molar-refractivity contribution in [1.82, 2.24) is 57.0 Å². The number of nitrogens with two attached hydrogens (primary N) is 2. The number of fused-ring (bicyclic) bond motifs is 6. The highest BCUT2D eigenvalue weighted by molar-refractivity contribution is 7.98. The molecule has 2 saturated heterocycles. The molecule has 98 heavy (non-hydrogen) atoms. The molecule has 3 aliphatic rings. The smallest absolute Gasteiger partial charge is 0.246 e. The Morgan fingerprint density at radius 1 is 0.663 bits per heavy atom. The van der Waals surface area contributed by atoms with E-state index in [4.69, 9.17) is 11.5 Å². The highest BCUT2D eigenvalue weighted by Crippen LogP contribution is 2.32. The van der Waals surface area contributed by atoms with E-state index in [0.717, 1.165) is 11.1 Å². The number of carbonyl (C=O) groups is 10. The molecule has 2 aromatic heterocycles. The number of aromatic hydroxyl groups is 1. The van der Waals surface area contributed by atoms with Gasteiger partial charge in [-0.05, 0) is 147 Å². The van der Waals surface area contributed by atoms with Crippen LogP contribution in [0.1, 0.15) is 106 Å². The van der Waals surface area contributed by atoms with E-state index in [1.54, 1.807) is 31.5 Å². The molecule has 3 aliphatic heterocycles. The fourth-order valence-electron chi connectivity index (χ4n) is 12.8. The zero-order valence-electron chi connectivity index (χ0n) is 55.1. The number of aromatic amines is 2. The number of carbonyl (C=O) groups excluding carboxylic acids is 10. The van der Waals surface area contributed by atoms with Gasteiger partial charge in [0.05, 0.1) is 6.54 Å².